The molecule has 10 heteroatoms. The lowest BCUT2D eigenvalue weighted by Crippen LogP contribution is -2.23. The number of aliphatic hydroxyl groups excluding tert-OH is 1. The van der Waals surface area contributed by atoms with Gasteiger partial charge in [0.25, 0.3) is 5.91 Å². The molecule has 34 heavy (non-hydrogen) atoms. The van der Waals surface area contributed by atoms with Crippen LogP contribution >= 0.6 is 11.8 Å². The molecule has 4 rings (SSSR count). The van der Waals surface area contributed by atoms with Crippen LogP contribution in [0.1, 0.15) is 22.3 Å². The maximum atomic E-state index is 12.9. The van der Waals surface area contributed by atoms with Gasteiger partial charge in [-0.2, -0.15) is 13.2 Å². The number of rotatable bonds is 5. The number of carbonyl (C=O) groups excluding carboxylic acids is 1. The minimum absolute atomic E-state index is 0.0208. The van der Waals surface area contributed by atoms with Crippen LogP contribution in [0.5, 0.6) is 0 Å². The first-order valence-electron chi connectivity index (χ1n) is 10.2. The molecule has 1 aliphatic heterocycles. The summed E-state index contributed by atoms with van der Waals surface area (Å²) in [5.41, 5.74) is -1.92. The third-order valence-corrected chi connectivity index (χ3v) is 5.89. The predicted octanol–water partition coefficient (Wildman–Crippen LogP) is 4.56. The number of aromatic nitrogens is 2. The molecule has 0 radical (unpaired) electrons. The number of benzene rings is 1. The van der Waals surface area contributed by atoms with Gasteiger partial charge in [0.2, 0.25) is 0 Å². The molecular weight excluding hydrogens is 465 g/mol. The Balaban J connectivity index is 1.62. The summed E-state index contributed by atoms with van der Waals surface area (Å²) in [6.07, 6.45) is 10.2. The molecule has 1 atom stereocenters. The van der Waals surface area contributed by atoms with Crippen LogP contribution in [0.15, 0.2) is 59.9 Å². The van der Waals surface area contributed by atoms with Crippen LogP contribution in [-0.4, -0.2) is 45.7 Å². The Bertz CT molecular complexity index is 1240. The van der Waals surface area contributed by atoms with Crippen molar-refractivity contribution in [2.45, 2.75) is 22.9 Å². The summed E-state index contributed by atoms with van der Waals surface area (Å²) in [7, 11) is 0. The maximum Gasteiger partial charge on any atom is 0.446 e. The zero-order valence-corrected chi connectivity index (χ0v) is 18.5. The van der Waals surface area contributed by atoms with Gasteiger partial charge < -0.3 is 15.3 Å². The molecular formula is C24H19F3N4O2S. The van der Waals surface area contributed by atoms with Crippen molar-refractivity contribution in [1.82, 2.24) is 9.97 Å². The van der Waals surface area contributed by atoms with Gasteiger partial charge in [-0.3, -0.25) is 9.78 Å². The number of nitrogens with zero attached hydrogens (tertiary/aromatic N) is 3. The molecule has 2 N–H and O–H groups in total. The molecule has 6 nitrogen and oxygen atoms in total. The van der Waals surface area contributed by atoms with Gasteiger partial charge in [-0.1, -0.05) is 5.92 Å². The summed E-state index contributed by atoms with van der Waals surface area (Å²) in [6.45, 7) is 1.02. The normalized spacial score (nSPS) is 15.7. The van der Waals surface area contributed by atoms with E-state index in [4.69, 9.17) is 6.42 Å². The Kier molecular flexibility index (Phi) is 6.77. The van der Waals surface area contributed by atoms with Crippen LogP contribution in [0.3, 0.4) is 0 Å². The number of anilines is 2. The van der Waals surface area contributed by atoms with Crippen LogP contribution in [0.4, 0.5) is 24.7 Å². The minimum atomic E-state index is -4.38. The smallest absolute Gasteiger partial charge is 0.391 e. The Morgan fingerprint density at radius 2 is 1.97 bits per heavy atom. The second-order valence-electron chi connectivity index (χ2n) is 7.62. The van der Waals surface area contributed by atoms with E-state index in [0.717, 1.165) is 0 Å². The van der Waals surface area contributed by atoms with Gasteiger partial charge in [0, 0.05) is 59.0 Å². The number of hydrogen-bond donors (Lipinski definition) is 2. The number of hydrogen-bond acceptors (Lipinski definition) is 6. The number of carbonyl (C=O) groups is 1. The highest BCUT2D eigenvalue weighted by Crippen LogP contribution is 2.37. The summed E-state index contributed by atoms with van der Waals surface area (Å²) in [5.74, 6) is 2.66. The monoisotopic (exact) mass is 484 g/mol. The summed E-state index contributed by atoms with van der Waals surface area (Å²) < 4.78 is 37.6. The van der Waals surface area contributed by atoms with Crippen molar-refractivity contribution in [3.63, 3.8) is 0 Å². The lowest BCUT2D eigenvalue weighted by Gasteiger charge is -2.21. The Labute approximate surface area is 198 Å². The molecule has 3 heterocycles. The number of alkyl halides is 3. The number of thioether (sulfide) groups is 1. The molecule has 1 saturated heterocycles. The maximum absolute atomic E-state index is 12.9. The largest absolute Gasteiger partial charge is 0.446 e. The van der Waals surface area contributed by atoms with Crippen molar-refractivity contribution in [2.75, 3.05) is 23.3 Å². The van der Waals surface area contributed by atoms with Crippen LogP contribution in [0.2, 0.25) is 0 Å². The van der Waals surface area contributed by atoms with E-state index in [1.54, 1.807) is 24.5 Å². The van der Waals surface area contributed by atoms with E-state index >= 15 is 0 Å². The number of amides is 1. The van der Waals surface area contributed by atoms with Crippen molar-refractivity contribution in [3.05, 3.63) is 66.1 Å². The van der Waals surface area contributed by atoms with E-state index in [1.807, 2.05) is 4.90 Å². The third-order valence-electron chi connectivity index (χ3n) is 5.15. The topological polar surface area (TPSA) is 78.4 Å². The molecule has 0 spiro atoms. The van der Waals surface area contributed by atoms with E-state index in [-0.39, 0.29) is 22.2 Å². The van der Waals surface area contributed by atoms with Gasteiger partial charge in [0.15, 0.2) is 0 Å². The molecule has 0 bridgehead atoms. The molecule has 1 amide bonds. The lowest BCUT2D eigenvalue weighted by atomic mass is 10.0. The third kappa shape index (κ3) is 5.68. The van der Waals surface area contributed by atoms with Crippen molar-refractivity contribution in [3.8, 4) is 23.5 Å². The average Bonchev–Trinajstić information content (AvgIpc) is 3.25. The number of aliphatic hydroxyl groups is 1. The van der Waals surface area contributed by atoms with Crippen LogP contribution in [0.25, 0.3) is 11.1 Å². The van der Waals surface area contributed by atoms with Crippen LogP contribution < -0.4 is 10.2 Å². The molecule has 0 aliphatic carbocycles. The standard InChI is InChI=1S/C24H19F3N4O2S/c1-2-15-9-16(12-28-11-15)21-10-17(13-29-22(21)31-8-7-19(32)14-31)23(33)30-18-3-5-20(6-4-18)34-24(25,26)27/h1,3-6,9-13,19,32H,7-8,14H2,(H,30,33)/t19-/m1/s1. The van der Waals surface area contributed by atoms with E-state index in [2.05, 4.69) is 21.2 Å². The Morgan fingerprint density at radius 1 is 1.21 bits per heavy atom. The molecule has 0 unspecified atom stereocenters. The van der Waals surface area contributed by atoms with E-state index < -0.39 is 17.5 Å². The fourth-order valence-electron chi connectivity index (χ4n) is 3.59. The molecule has 1 fully saturated rings. The van der Waals surface area contributed by atoms with Gasteiger partial charge in [-0.15, -0.1) is 6.42 Å². The summed E-state index contributed by atoms with van der Waals surface area (Å²) in [5, 5.41) is 12.6. The van der Waals surface area contributed by atoms with Crippen LogP contribution in [0, 0.1) is 12.3 Å². The minimum Gasteiger partial charge on any atom is -0.391 e. The number of β-amino-alcohol motifs (C(OH)–C–C–N with tert-alkyl or cyclic N) is 1. The fourth-order valence-corrected chi connectivity index (χ4v) is 4.13. The molecule has 0 saturated carbocycles. The Hall–Kier alpha value is -3.55. The number of terminal acetylenes is 1. The van der Waals surface area contributed by atoms with Gasteiger partial charge in [0.05, 0.1) is 11.7 Å². The van der Waals surface area contributed by atoms with Crippen LogP contribution in [-0.2, 0) is 0 Å². The second-order valence-corrected chi connectivity index (χ2v) is 8.76. The average molecular weight is 485 g/mol. The van der Waals surface area contributed by atoms with Crippen molar-refractivity contribution in [2.24, 2.45) is 0 Å². The first-order chi connectivity index (χ1) is 16.2. The molecule has 3 aromatic rings. The summed E-state index contributed by atoms with van der Waals surface area (Å²) in [6, 6.07) is 8.81. The SMILES string of the molecule is C#Cc1cncc(-c2cc(C(=O)Nc3ccc(SC(F)(F)F)cc3)cnc2N2CC[C@@H](O)C2)c1. The summed E-state index contributed by atoms with van der Waals surface area (Å²) >= 11 is -0.224. The predicted molar refractivity (Wildman–Crippen MR) is 125 cm³/mol. The van der Waals surface area contributed by atoms with Gasteiger partial charge in [-0.05, 0) is 54.6 Å². The Morgan fingerprint density at radius 3 is 2.62 bits per heavy atom. The zero-order chi connectivity index (χ0) is 24.3. The van der Waals surface area contributed by atoms with E-state index in [0.29, 0.717) is 47.7 Å². The highest BCUT2D eigenvalue weighted by Gasteiger charge is 2.29. The quantitative estimate of drug-likeness (QED) is 0.408. The highest BCUT2D eigenvalue weighted by molar-refractivity contribution is 8.00. The molecule has 1 aliphatic rings. The zero-order valence-electron chi connectivity index (χ0n) is 17.7. The number of pyridine rings is 2. The lowest BCUT2D eigenvalue weighted by molar-refractivity contribution is -0.0328. The molecule has 174 valence electrons. The first kappa shape index (κ1) is 23.6. The molecule has 2 aromatic heterocycles. The number of halogens is 3. The van der Waals surface area contributed by atoms with Crippen molar-refractivity contribution < 1.29 is 23.1 Å². The van der Waals surface area contributed by atoms with Crippen molar-refractivity contribution >= 4 is 29.2 Å². The number of nitrogens with one attached hydrogen (secondary N) is 1. The first-order valence-corrected chi connectivity index (χ1v) is 11.1. The fraction of sp³-hybridized carbons (Fsp3) is 0.208. The summed E-state index contributed by atoms with van der Waals surface area (Å²) in [4.78, 5) is 23.5. The van der Waals surface area contributed by atoms with E-state index in [1.165, 1.54) is 30.5 Å². The van der Waals surface area contributed by atoms with Crippen molar-refractivity contribution in [1.29, 1.82) is 0 Å². The highest BCUT2D eigenvalue weighted by atomic mass is 32.2. The van der Waals surface area contributed by atoms with Gasteiger partial charge >= 0.3 is 5.51 Å². The van der Waals surface area contributed by atoms with E-state index in [9.17, 15) is 23.1 Å². The van der Waals surface area contributed by atoms with Gasteiger partial charge in [0.1, 0.15) is 5.82 Å². The molecule has 1 aromatic carbocycles. The second kappa shape index (κ2) is 9.75. The van der Waals surface area contributed by atoms with Gasteiger partial charge in [-0.25, -0.2) is 4.98 Å².